The maximum Gasteiger partial charge on any atom is 0.321 e. The van der Waals surface area contributed by atoms with E-state index in [4.69, 9.17) is 0 Å². The molecule has 0 aromatic rings. The van der Waals surface area contributed by atoms with Crippen molar-refractivity contribution in [3.8, 4) is 0 Å². The van der Waals surface area contributed by atoms with Crippen molar-refractivity contribution < 1.29 is 9.90 Å². The van der Waals surface area contributed by atoms with E-state index in [9.17, 15) is 9.90 Å². The zero-order valence-electron chi connectivity index (χ0n) is 10.2. The van der Waals surface area contributed by atoms with Crippen LogP contribution >= 0.6 is 0 Å². The number of hydrogen-bond acceptors (Lipinski definition) is 2. The molecule has 1 aliphatic heterocycles. The Kier molecular flexibility index (Phi) is 4.14. The molecule has 1 fully saturated rings. The molecule has 0 saturated carbocycles. The Balaban J connectivity index is 2.85. The highest BCUT2D eigenvalue weighted by Crippen LogP contribution is 2.30. The summed E-state index contributed by atoms with van der Waals surface area (Å²) in [7, 11) is 0. The number of rotatable bonds is 4. The molecule has 1 rings (SSSR count). The summed E-state index contributed by atoms with van der Waals surface area (Å²) in [5.74, 6) is -0.491. The van der Waals surface area contributed by atoms with Gasteiger partial charge in [0.05, 0.1) is 0 Å². The lowest BCUT2D eigenvalue weighted by Crippen LogP contribution is -2.50. The van der Waals surface area contributed by atoms with Gasteiger partial charge in [0.2, 0.25) is 0 Å². The van der Waals surface area contributed by atoms with Gasteiger partial charge in [-0.05, 0) is 32.1 Å². The summed E-state index contributed by atoms with van der Waals surface area (Å²) >= 11 is 0. The quantitative estimate of drug-likeness (QED) is 0.779. The molecule has 1 N–H and O–H groups in total. The Labute approximate surface area is 92.5 Å². The fraction of sp³-hybridized carbons (Fsp3) is 0.917. The number of carbonyl (C=O) groups is 1. The number of likely N-dealkylation sites (tertiary alicyclic amines) is 1. The molecule has 3 heteroatoms. The minimum atomic E-state index is -0.669. The third kappa shape index (κ3) is 2.51. The second-order valence-electron chi connectivity index (χ2n) is 4.96. The number of nitrogens with zero attached hydrogens (tertiary/aromatic N) is 1. The molecule has 0 aromatic heterocycles. The minimum absolute atomic E-state index is 0.178. The molecule has 0 spiro atoms. The van der Waals surface area contributed by atoms with Crippen LogP contribution in [-0.2, 0) is 4.79 Å². The highest BCUT2D eigenvalue weighted by Gasteiger charge is 2.39. The first-order valence-electron chi connectivity index (χ1n) is 5.99. The summed E-state index contributed by atoms with van der Waals surface area (Å²) in [6, 6.07) is 0.564. The molecule has 3 nitrogen and oxygen atoms in total. The van der Waals surface area contributed by atoms with Crippen LogP contribution in [0.4, 0.5) is 0 Å². The van der Waals surface area contributed by atoms with Crippen LogP contribution < -0.4 is 0 Å². The normalized spacial score (nSPS) is 29.7. The van der Waals surface area contributed by atoms with E-state index in [0.29, 0.717) is 12.1 Å². The highest BCUT2D eigenvalue weighted by atomic mass is 16.4. The number of hydrogen-bond donors (Lipinski definition) is 1. The SMILES string of the molecule is CCC1CCC(C)N1C(C(=O)O)C(C)C. The Morgan fingerprint density at radius 2 is 2.07 bits per heavy atom. The summed E-state index contributed by atoms with van der Waals surface area (Å²) in [6.07, 6.45) is 3.34. The molecule has 1 saturated heterocycles. The topological polar surface area (TPSA) is 40.5 Å². The van der Waals surface area contributed by atoms with Gasteiger partial charge in [0, 0.05) is 12.1 Å². The molecule has 0 aliphatic carbocycles. The predicted molar refractivity (Wildman–Crippen MR) is 60.9 cm³/mol. The number of carboxylic acid groups (broad SMARTS) is 1. The van der Waals surface area contributed by atoms with Gasteiger partial charge in [-0.25, -0.2) is 0 Å². The van der Waals surface area contributed by atoms with Crippen molar-refractivity contribution in [2.45, 2.75) is 65.1 Å². The van der Waals surface area contributed by atoms with Crippen LogP contribution in [0, 0.1) is 5.92 Å². The van der Waals surface area contributed by atoms with Gasteiger partial charge in [0.1, 0.15) is 6.04 Å². The Hall–Kier alpha value is -0.570. The second kappa shape index (κ2) is 4.97. The fourth-order valence-electron chi connectivity index (χ4n) is 2.76. The van der Waals surface area contributed by atoms with Crippen molar-refractivity contribution in [1.82, 2.24) is 4.90 Å². The van der Waals surface area contributed by atoms with Crippen LogP contribution in [0.2, 0.25) is 0 Å². The molecule has 15 heavy (non-hydrogen) atoms. The van der Waals surface area contributed by atoms with E-state index in [0.717, 1.165) is 19.3 Å². The Morgan fingerprint density at radius 1 is 1.47 bits per heavy atom. The second-order valence-corrected chi connectivity index (χ2v) is 4.96. The van der Waals surface area contributed by atoms with Gasteiger partial charge in [0.15, 0.2) is 0 Å². The van der Waals surface area contributed by atoms with Gasteiger partial charge in [-0.2, -0.15) is 0 Å². The van der Waals surface area contributed by atoms with Gasteiger partial charge in [-0.15, -0.1) is 0 Å². The van der Waals surface area contributed by atoms with Crippen LogP contribution in [0.25, 0.3) is 0 Å². The lowest BCUT2D eigenvalue weighted by molar-refractivity contribution is -0.146. The molecule has 88 valence electrons. The van der Waals surface area contributed by atoms with Crippen LogP contribution in [0.5, 0.6) is 0 Å². The molecule has 0 amide bonds. The van der Waals surface area contributed by atoms with E-state index >= 15 is 0 Å². The summed E-state index contributed by atoms with van der Waals surface area (Å²) < 4.78 is 0. The monoisotopic (exact) mass is 213 g/mol. The smallest absolute Gasteiger partial charge is 0.321 e. The van der Waals surface area contributed by atoms with Gasteiger partial charge in [0.25, 0.3) is 0 Å². The lowest BCUT2D eigenvalue weighted by atomic mass is 10.0. The van der Waals surface area contributed by atoms with Crippen molar-refractivity contribution in [3.63, 3.8) is 0 Å². The first kappa shape index (κ1) is 12.5. The number of carboxylic acids is 1. The van der Waals surface area contributed by atoms with Crippen LogP contribution in [-0.4, -0.2) is 34.1 Å². The molecule has 1 heterocycles. The third-order valence-corrected chi connectivity index (χ3v) is 3.53. The Morgan fingerprint density at radius 3 is 2.47 bits per heavy atom. The molecule has 0 radical (unpaired) electrons. The Bertz CT molecular complexity index is 228. The predicted octanol–water partition coefficient (Wildman–Crippen LogP) is 2.36. The van der Waals surface area contributed by atoms with Crippen LogP contribution in [0.3, 0.4) is 0 Å². The highest BCUT2D eigenvalue weighted by molar-refractivity contribution is 5.74. The van der Waals surface area contributed by atoms with Crippen LogP contribution in [0.1, 0.15) is 47.0 Å². The van der Waals surface area contributed by atoms with Gasteiger partial charge >= 0.3 is 5.97 Å². The van der Waals surface area contributed by atoms with Crippen LogP contribution in [0.15, 0.2) is 0 Å². The zero-order valence-corrected chi connectivity index (χ0v) is 10.2. The van der Waals surface area contributed by atoms with E-state index in [-0.39, 0.29) is 12.0 Å². The van der Waals surface area contributed by atoms with E-state index in [1.165, 1.54) is 0 Å². The fourth-order valence-corrected chi connectivity index (χ4v) is 2.76. The molecule has 3 atom stereocenters. The first-order valence-corrected chi connectivity index (χ1v) is 5.99. The summed E-state index contributed by atoms with van der Waals surface area (Å²) in [6.45, 7) is 8.29. The standard InChI is InChI=1S/C12H23NO2/c1-5-10-7-6-9(4)13(10)11(8(2)3)12(14)15/h8-11H,5-7H2,1-4H3,(H,14,15). The van der Waals surface area contributed by atoms with E-state index in [1.807, 2.05) is 13.8 Å². The van der Waals surface area contributed by atoms with Gasteiger partial charge in [-0.1, -0.05) is 20.8 Å². The summed E-state index contributed by atoms with van der Waals surface area (Å²) in [5.41, 5.74) is 0. The van der Waals surface area contributed by atoms with Crippen molar-refractivity contribution in [3.05, 3.63) is 0 Å². The van der Waals surface area contributed by atoms with E-state index in [1.54, 1.807) is 0 Å². The van der Waals surface area contributed by atoms with E-state index in [2.05, 4.69) is 18.7 Å². The average Bonchev–Trinajstić information content (AvgIpc) is 2.47. The molecular formula is C12H23NO2. The van der Waals surface area contributed by atoms with E-state index < -0.39 is 5.97 Å². The first-order chi connectivity index (χ1) is 6.99. The minimum Gasteiger partial charge on any atom is -0.480 e. The summed E-state index contributed by atoms with van der Waals surface area (Å²) in [4.78, 5) is 13.5. The van der Waals surface area contributed by atoms with Crippen molar-refractivity contribution >= 4 is 5.97 Å². The largest absolute Gasteiger partial charge is 0.480 e. The van der Waals surface area contributed by atoms with Gasteiger partial charge < -0.3 is 5.11 Å². The maximum absolute atomic E-state index is 11.3. The van der Waals surface area contributed by atoms with Gasteiger partial charge in [-0.3, -0.25) is 9.69 Å². The molecule has 0 aromatic carbocycles. The lowest BCUT2D eigenvalue weighted by Gasteiger charge is -2.35. The average molecular weight is 213 g/mol. The maximum atomic E-state index is 11.3. The van der Waals surface area contributed by atoms with Crippen molar-refractivity contribution in [2.24, 2.45) is 5.92 Å². The molecular weight excluding hydrogens is 190 g/mol. The number of aliphatic carboxylic acids is 1. The zero-order chi connectivity index (χ0) is 11.6. The molecule has 0 bridgehead atoms. The summed E-state index contributed by atoms with van der Waals surface area (Å²) in [5, 5.41) is 9.29. The van der Waals surface area contributed by atoms with Crippen molar-refractivity contribution in [1.29, 1.82) is 0 Å². The molecule has 3 unspecified atom stereocenters. The van der Waals surface area contributed by atoms with Crippen molar-refractivity contribution in [2.75, 3.05) is 0 Å². The third-order valence-electron chi connectivity index (χ3n) is 3.53. The molecule has 1 aliphatic rings.